The number of fused-ring (bicyclic) bond motifs is 8. The van der Waals surface area contributed by atoms with Gasteiger partial charge in [0.15, 0.2) is 11.2 Å². The van der Waals surface area contributed by atoms with Crippen LogP contribution < -0.4 is 0 Å². The third-order valence-electron chi connectivity index (χ3n) is 5.74. The van der Waals surface area contributed by atoms with E-state index in [0.717, 1.165) is 55.3 Å². The minimum Gasteiger partial charge on any atom is -0.454 e. The molecule has 7 rings (SSSR count). The zero-order valence-corrected chi connectivity index (χ0v) is 15.4. The molecule has 136 valence electrons. The lowest BCUT2D eigenvalue weighted by Crippen LogP contribution is -1.97. The fraction of sp³-hybridized carbons (Fsp3) is 0. The van der Waals surface area contributed by atoms with Crippen LogP contribution in [0.2, 0.25) is 0 Å². The molecule has 3 aromatic carbocycles. The molecular weight excluding hydrogens is 358 g/mol. The first-order valence-corrected chi connectivity index (χ1v) is 9.67. The summed E-state index contributed by atoms with van der Waals surface area (Å²) in [7, 11) is 0. The third kappa shape index (κ3) is 1.85. The van der Waals surface area contributed by atoms with Gasteiger partial charge in [-0.2, -0.15) is 0 Å². The summed E-state index contributed by atoms with van der Waals surface area (Å²) in [5.74, 6) is 0. The molecule has 4 nitrogen and oxygen atoms in total. The van der Waals surface area contributed by atoms with Crippen LogP contribution in [0.3, 0.4) is 0 Å². The minimum absolute atomic E-state index is 0.891. The van der Waals surface area contributed by atoms with Crippen molar-refractivity contribution in [3.63, 3.8) is 0 Å². The van der Waals surface area contributed by atoms with Gasteiger partial charge in [0.2, 0.25) is 0 Å². The summed E-state index contributed by atoms with van der Waals surface area (Å²) < 4.78 is 10.8. The molecule has 0 N–H and O–H groups in total. The van der Waals surface area contributed by atoms with Crippen molar-refractivity contribution in [3.05, 3.63) is 91.1 Å². The molecule has 0 atom stereocenters. The van der Waals surface area contributed by atoms with E-state index in [-0.39, 0.29) is 0 Å². The summed E-state index contributed by atoms with van der Waals surface area (Å²) >= 11 is 0. The lowest BCUT2D eigenvalue weighted by molar-refractivity contribution is 0.666. The number of benzene rings is 3. The van der Waals surface area contributed by atoms with Crippen LogP contribution in [-0.4, -0.2) is 14.0 Å². The number of pyridine rings is 1. The molecule has 0 bridgehead atoms. The SMILES string of the molecule is c1ccc2c(c1)oc1c(-n3c4ccccc4c4nc5ccccn5c43)cccc12. The van der Waals surface area contributed by atoms with Gasteiger partial charge < -0.3 is 4.42 Å². The Balaban J connectivity index is 1.74. The maximum atomic E-state index is 6.34. The Morgan fingerprint density at radius 1 is 0.690 bits per heavy atom. The molecule has 0 saturated carbocycles. The Morgan fingerprint density at radius 2 is 1.48 bits per heavy atom. The fourth-order valence-corrected chi connectivity index (χ4v) is 4.51. The van der Waals surface area contributed by atoms with E-state index in [1.54, 1.807) is 0 Å². The zero-order chi connectivity index (χ0) is 18.9. The smallest absolute Gasteiger partial charge is 0.159 e. The van der Waals surface area contributed by atoms with E-state index in [1.165, 1.54) is 0 Å². The molecule has 4 heterocycles. The summed E-state index contributed by atoms with van der Waals surface area (Å²) in [6, 6.07) is 29.1. The van der Waals surface area contributed by atoms with Crippen molar-refractivity contribution in [1.82, 2.24) is 14.0 Å². The number of para-hydroxylation sites is 3. The monoisotopic (exact) mass is 373 g/mol. The van der Waals surface area contributed by atoms with E-state index in [9.17, 15) is 0 Å². The summed E-state index contributed by atoms with van der Waals surface area (Å²) in [6.07, 6.45) is 2.07. The van der Waals surface area contributed by atoms with Gasteiger partial charge in [-0.15, -0.1) is 0 Å². The van der Waals surface area contributed by atoms with Crippen molar-refractivity contribution in [1.29, 1.82) is 0 Å². The van der Waals surface area contributed by atoms with Crippen molar-refractivity contribution < 1.29 is 4.42 Å². The second-order valence-corrected chi connectivity index (χ2v) is 7.32. The number of imidazole rings is 1. The van der Waals surface area contributed by atoms with Crippen LogP contribution in [0.25, 0.3) is 55.3 Å². The van der Waals surface area contributed by atoms with Gasteiger partial charge in [-0.3, -0.25) is 8.97 Å². The molecule has 0 aliphatic heterocycles. The zero-order valence-electron chi connectivity index (χ0n) is 15.4. The number of rotatable bonds is 1. The first-order chi connectivity index (χ1) is 14.4. The molecule has 0 saturated heterocycles. The van der Waals surface area contributed by atoms with Crippen molar-refractivity contribution in [3.8, 4) is 5.69 Å². The molecule has 0 amide bonds. The Bertz CT molecular complexity index is 1710. The maximum absolute atomic E-state index is 6.34. The second-order valence-electron chi connectivity index (χ2n) is 7.32. The van der Waals surface area contributed by atoms with Crippen molar-refractivity contribution in [2.24, 2.45) is 0 Å². The largest absolute Gasteiger partial charge is 0.454 e. The highest BCUT2D eigenvalue weighted by Gasteiger charge is 2.20. The topological polar surface area (TPSA) is 35.4 Å². The third-order valence-corrected chi connectivity index (χ3v) is 5.74. The van der Waals surface area contributed by atoms with Crippen molar-refractivity contribution >= 4 is 49.7 Å². The van der Waals surface area contributed by atoms with Crippen LogP contribution in [-0.2, 0) is 0 Å². The van der Waals surface area contributed by atoms with Crippen LogP contribution in [0.15, 0.2) is 95.5 Å². The van der Waals surface area contributed by atoms with Gasteiger partial charge in [-0.05, 0) is 30.3 Å². The Kier molecular flexibility index (Phi) is 2.71. The van der Waals surface area contributed by atoms with Crippen LogP contribution in [0, 0.1) is 0 Å². The van der Waals surface area contributed by atoms with E-state index in [2.05, 4.69) is 69.8 Å². The fourth-order valence-electron chi connectivity index (χ4n) is 4.51. The average molecular weight is 373 g/mol. The van der Waals surface area contributed by atoms with Crippen LogP contribution in [0.4, 0.5) is 0 Å². The van der Waals surface area contributed by atoms with E-state index in [4.69, 9.17) is 9.40 Å². The first-order valence-electron chi connectivity index (χ1n) is 9.67. The Hall–Kier alpha value is -4.05. The lowest BCUT2D eigenvalue weighted by Gasteiger charge is -2.08. The Labute approximate surface area is 165 Å². The first kappa shape index (κ1) is 14.9. The average Bonchev–Trinajstić information content (AvgIpc) is 3.42. The molecule has 29 heavy (non-hydrogen) atoms. The predicted molar refractivity (Wildman–Crippen MR) is 117 cm³/mol. The molecule has 7 aromatic rings. The standard InChI is InChI=1S/C25H15N3O/c1-3-11-19-18(9-1)23-25(27-15-6-5-14-22(27)26-23)28(19)20-12-7-10-17-16-8-2-4-13-21(16)29-24(17)20/h1-15H. The Morgan fingerprint density at radius 3 is 2.45 bits per heavy atom. The molecule has 0 radical (unpaired) electrons. The van der Waals surface area contributed by atoms with Crippen LogP contribution >= 0.6 is 0 Å². The van der Waals surface area contributed by atoms with Crippen molar-refractivity contribution in [2.45, 2.75) is 0 Å². The summed E-state index contributed by atoms with van der Waals surface area (Å²) in [4.78, 5) is 4.92. The van der Waals surface area contributed by atoms with Crippen LogP contribution in [0.1, 0.15) is 0 Å². The number of furan rings is 1. The highest BCUT2D eigenvalue weighted by atomic mass is 16.3. The van der Waals surface area contributed by atoms with E-state index in [0.29, 0.717) is 0 Å². The molecule has 4 heteroatoms. The van der Waals surface area contributed by atoms with Gasteiger partial charge in [0.05, 0.1) is 11.2 Å². The summed E-state index contributed by atoms with van der Waals surface area (Å²) in [6.45, 7) is 0. The molecule has 0 aliphatic rings. The van der Waals surface area contributed by atoms with Gasteiger partial charge in [0.25, 0.3) is 0 Å². The lowest BCUT2D eigenvalue weighted by atomic mass is 10.1. The summed E-state index contributed by atoms with van der Waals surface area (Å²) in [5, 5.41) is 3.40. The van der Waals surface area contributed by atoms with Gasteiger partial charge in [-0.25, -0.2) is 4.98 Å². The van der Waals surface area contributed by atoms with Gasteiger partial charge in [0.1, 0.15) is 16.7 Å². The van der Waals surface area contributed by atoms with Crippen LogP contribution in [0.5, 0.6) is 0 Å². The minimum atomic E-state index is 0.891. The molecule has 0 unspecified atom stereocenters. The molecule has 0 spiro atoms. The highest BCUT2D eigenvalue weighted by Crippen LogP contribution is 2.37. The van der Waals surface area contributed by atoms with Crippen molar-refractivity contribution in [2.75, 3.05) is 0 Å². The number of hydrogen-bond acceptors (Lipinski definition) is 2. The second kappa shape index (κ2) is 5.26. The normalized spacial score (nSPS) is 12.1. The number of hydrogen-bond donors (Lipinski definition) is 0. The maximum Gasteiger partial charge on any atom is 0.159 e. The number of aromatic nitrogens is 3. The molecule has 0 fully saturated rings. The van der Waals surface area contributed by atoms with E-state index < -0.39 is 0 Å². The highest BCUT2D eigenvalue weighted by molar-refractivity contribution is 6.11. The number of nitrogens with zero attached hydrogens (tertiary/aromatic N) is 3. The predicted octanol–water partition coefficient (Wildman–Crippen LogP) is 6.33. The molecule has 4 aromatic heterocycles. The summed E-state index contributed by atoms with van der Waals surface area (Å²) in [5.41, 5.74) is 6.93. The molecule has 0 aliphatic carbocycles. The van der Waals surface area contributed by atoms with Gasteiger partial charge in [-0.1, -0.05) is 54.6 Å². The van der Waals surface area contributed by atoms with Gasteiger partial charge in [0, 0.05) is 22.4 Å². The van der Waals surface area contributed by atoms with Gasteiger partial charge >= 0.3 is 0 Å². The van der Waals surface area contributed by atoms with E-state index in [1.807, 2.05) is 30.3 Å². The quantitative estimate of drug-likeness (QED) is 0.337. The molecular formula is C25H15N3O. The van der Waals surface area contributed by atoms with E-state index >= 15 is 0 Å².